The fraction of sp³-hybridized carbons (Fsp3) is 0.0714. The van der Waals surface area contributed by atoms with Crippen LogP contribution >= 0.6 is 11.6 Å². The van der Waals surface area contributed by atoms with Crippen LogP contribution in [0.1, 0.15) is 11.1 Å². The van der Waals surface area contributed by atoms with Crippen molar-refractivity contribution in [3.8, 4) is 0 Å². The van der Waals surface area contributed by atoms with Gasteiger partial charge in [-0.2, -0.15) is 5.10 Å². The largest absolute Gasteiger partial charge is 0.306 e. The molecule has 0 spiro atoms. The molecule has 2 aromatic rings. The average Bonchev–Trinajstić information content (AvgIpc) is 2.36. The molecule has 17 heavy (non-hydrogen) atoms. The zero-order valence-corrected chi connectivity index (χ0v) is 10.1. The third-order valence-corrected chi connectivity index (χ3v) is 2.51. The SMILES string of the molecule is Clc1cccc(C=NNCc2ccccc2)c1. The van der Waals surface area contributed by atoms with Crippen molar-refractivity contribution in [2.24, 2.45) is 5.10 Å². The monoisotopic (exact) mass is 244 g/mol. The van der Waals surface area contributed by atoms with Gasteiger partial charge in [0.2, 0.25) is 0 Å². The lowest BCUT2D eigenvalue weighted by Gasteiger charge is -2.00. The van der Waals surface area contributed by atoms with Crippen molar-refractivity contribution in [1.29, 1.82) is 0 Å². The van der Waals surface area contributed by atoms with E-state index in [1.165, 1.54) is 5.56 Å². The molecule has 0 saturated carbocycles. The Bertz CT molecular complexity index is 495. The van der Waals surface area contributed by atoms with E-state index in [4.69, 9.17) is 11.6 Å². The van der Waals surface area contributed by atoms with Crippen molar-refractivity contribution < 1.29 is 0 Å². The zero-order valence-electron chi connectivity index (χ0n) is 9.31. The lowest BCUT2D eigenvalue weighted by molar-refractivity contribution is 0.748. The molecular formula is C14H13ClN2. The molecule has 0 heterocycles. The van der Waals surface area contributed by atoms with Crippen LogP contribution < -0.4 is 5.43 Å². The minimum absolute atomic E-state index is 0.719. The molecule has 0 amide bonds. The maximum Gasteiger partial charge on any atom is 0.0580 e. The quantitative estimate of drug-likeness (QED) is 0.647. The Morgan fingerprint density at radius 1 is 1.06 bits per heavy atom. The molecule has 2 aromatic carbocycles. The fourth-order valence-electron chi connectivity index (χ4n) is 1.44. The second-order valence-electron chi connectivity index (χ2n) is 3.63. The molecule has 0 unspecified atom stereocenters. The van der Waals surface area contributed by atoms with Gasteiger partial charge in [-0.3, -0.25) is 0 Å². The van der Waals surface area contributed by atoms with Crippen LogP contribution in [0.3, 0.4) is 0 Å². The number of halogens is 1. The van der Waals surface area contributed by atoms with Gasteiger partial charge in [-0.1, -0.05) is 54.1 Å². The van der Waals surface area contributed by atoms with E-state index in [1.54, 1.807) is 6.21 Å². The maximum absolute atomic E-state index is 5.87. The molecule has 0 aromatic heterocycles. The Hall–Kier alpha value is -1.80. The van der Waals surface area contributed by atoms with E-state index in [0.717, 1.165) is 17.1 Å². The summed E-state index contributed by atoms with van der Waals surface area (Å²) in [6, 6.07) is 17.7. The topological polar surface area (TPSA) is 24.4 Å². The molecule has 2 nitrogen and oxygen atoms in total. The second kappa shape index (κ2) is 6.06. The molecule has 0 saturated heterocycles. The molecular weight excluding hydrogens is 232 g/mol. The molecule has 1 N–H and O–H groups in total. The van der Waals surface area contributed by atoms with Crippen LogP contribution in [0, 0.1) is 0 Å². The summed E-state index contributed by atoms with van der Waals surface area (Å²) in [7, 11) is 0. The van der Waals surface area contributed by atoms with Gasteiger partial charge in [-0.25, -0.2) is 0 Å². The summed E-state index contributed by atoms with van der Waals surface area (Å²) in [5.74, 6) is 0. The van der Waals surface area contributed by atoms with Crippen LogP contribution in [0.15, 0.2) is 59.7 Å². The van der Waals surface area contributed by atoms with Crippen LogP contribution in [-0.4, -0.2) is 6.21 Å². The van der Waals surface area contributed by atoms with E-state index in [-0.39, 0.29) is 0 Å². The Balaban J connectivity index is 1.86. The summed E-state index contributed by atoms with van der Waals surface area (Å²) in [6.07, 6.45) is 1.76. The molecule has 0 aliphatic heterocycles. The molecule has 0 bridgehead atoms. The summed E-state index contributed by atoms with van der Waals surface area (Å²) < 4.78 is 0. The minimum atomic E-state index is 0.719. The highest BCUT2D eigenvalue weighted by Gasteiger charge is 1.90. The van der Waals surface area contributed by atoms with Gasteiger partial charge in [-0.15, -0.1) is 0 Å². The lowest BCUT2D eigenvalue weighted by atomic mass is 10.2. The van der Waals surface area contributed by atoms with E-state index >= 15 is 0 Å². The number of benzene rings is 2. The number of nitrogens with zero attached hydrogens (tertiary/aromatic N) is 1. The van der Waals surface area contributed by atoms with Gasteiger partial charge in [-0.05, 0) is 23.3 Å². The van der Waals surface area contributed by atoms with E-state index in [1.807, 2.05) is 42.5 Å². The van der Waals surface area contributed by atoms with Crippen molar-refractivity contribution in [2.45, 2.75) is 6.54 Å². The highest BCUT2D eigenvalue weighted by atomic mass is 35.5. The van der Waals surface area contributed by atoms with Gasteiger partial charge in [0.05, 0.1) is 12.8 Å². The zero-order chi connectivity index (χ0) is 11.9. The first kappa shape index (κ1) is 11.7. The Morgan fingerprint density at radius 3 is 2.65 bits per heavy atom. The summed E-state index contributed by atoms with van der Waals surface area (Å²) in [5.41, 5.74) is 5.18. The van der Waals surface area contributed by atoms with E-state index in [9.17, 15) is 0 Å². The Morgan fingerprint density at radius 2 is 1.88 bits per heavy atom. The third-order valence-electron chi connectivity index (χ3n) is 2.28. The van der Waals surface area contributed by atoms with Crippen LogP contribution in [0.5, 0.6) is 0 Å². The molecule has 0 fully saturated rings. The number of hydrogen-bond donors (Lipinski definition) is 1. The first-order valence-corrected chi connectivity index (χ1v) is 5.78. The number of hydrogen-bond acceptors (Lipinski definition) is 2. The molecule has 0 radical (unpaired) electrons. The number of hydrazone groups is 1. The third kappa shape index (κ3) is 3.93. The van der Waals surface area contributed by atoms with Crippen molar-refractivity contribution in [2.75, 3.05) is 0 Å². The van der Waals surface area contributed by atoms with Gasteiger partial charge in [0.25, 0.3) is 0 Å². The summed E-state index contributed by atoms with van der Waals surface area (Å²) in [4.78, 5) is 0. The summed E-state index contributed by atoms with van der Waals surface area (Å²) >= 11 is 5.87. The molecule has 0 atom stereocenters. The molecule has 2 rings (SSSR count). The standard InChI is InChI=1S/C14H13ClN2/c15-14-8-4-7-13(9-14)11-17-16-10-12-5-2-1-3-6-12/h1-9,11,16H,10H2. The Labute approximate surface area is 106 Å². The number of nitrogens with one attached hydrogen (secondary N) is 1. The summed E-state index contributed by atoms with van der Waals surface area (Å²) in [5, 5.41) is 4.86. The molecule has 3 heteroatoms. The van der Waals surface area contributed by atoms with Crippen LogP contribution in [0.2, 0.25) is 5.02 Å². The van der Waals surface area contributed by atoms with Crippen LogP contribution in [0.4, 0.5) is 0 Å². The predicted molar refractivity (Wildman–Crippen MR) is 72.3 cm³/mol. The molecule has 0 aliphatic carbocycles. The second-order valence-corrected chi connectivity index (χ2v) is 4.07. The fourth-order valence-corrected chi connectivity index (χ4v) is 1.64. The normalized spacial score (nSPS) is 10.6. The maximum atomic E-state index is 5.87. The predicted octanol–water partition coefficient (Wildman–Crippen LogP) is 3.46. The molecule has 0 aliphatic rings. The van der Waals surface area contributed by atoms with Crippen molar-refractivity contribution in [3.05, 3.63) is 70.7 Å². The van der Waals surface area contributed by atoms with Gasteiger partial charge in [0.15, 0.2) is 0 Å². The molecule has 86 valence electrons. The highest BCUT2D eigenvalue weighted by molar-refractivity contribution is 6.30. The smallest absolute Gasteiger partial charge is 0.0580 e. The first-order valence-electron chi connectivity index (χ1n) is 5.40. The Kier molecular flexibility index (Phi) is 4.17. The average molecular weight is 245 g/mol. The minimum Gasteiger partial charge on any atom is -0.306 e. The first-order chi connectivity index (χ1) is 8.34. The van der Waals surface area contributed by atoms with Crippen LogP contribution in [0.25, 0.3) is 0 Å². The van der Waals surface area contributed by atoms with E-state index < -0.39 is 0 Å². The number of rotatable bonds is 4. The van der Waals surface area contributed by atoms with Gasteiger partial charge in [0.1, 0.15) is 0 Å². The summed E-state index contributed by atoms with van der Waals surface area (Å²) in [6.45, 7) is 0.720. The van der Waals surface area contributed by atoms with Gasteiger partial charge >= 0.3 is 0 Å². The van der Waals surface area contributed by atoms with E-state index in [0.29, 0.717) is 0 Å². The van der Waals surface area contributed by atoms with Gasteiger partial charge < -0.3 is 5.43 Å². The van der Waals surface area contributed by atoms with Crippen LogP contribution in [-0.2, 0) is 6.54 Å². The van der Waals surface area contributed by atoms with Gasteiger partial charge in [0, 0.05) is 5.02 Å². The van der Waals surface area contributed by atoms with Crippen molar-refractivity contribution in [3.63, 3.8) is 0 Å². The van der Waals surface area contributed by atoms with Crippen molar-refractivity contribution in [1.82, 2.24) is 5.43 Å². The highest BCUT2D eigenvalue weighted by Crippen LogP contribution is 2.08. The lowest BCUT2D eigenvalue weighted by Crippen LogP contribution is -2.05. The van der Waals surface area contributed by atoms with Crippen molar-refractivity contribution >= 4 is 17.8 Å². The van der Waals surface area contributed by atoms with E-state index in [2.05, 4.69) is 22.7 Å².